The lowest BCUT2D eigenvalue weighted by Gasteiger charge is -2.42. The molecular weight excluding hydrogens is 260 g/mol. The lowest BCUT2D eigenvalue weighted by molar-refractivity contribution is -0.00740. The highest BCUT2D eigenvalue weighted by Gasteiger charge is 2.33. The Morgan fingerprint density at radius 2 is 1.86 bits per heavy atom. The summed E-state index contributed by atoms with van der Waals surface area (Å²) in [6.07, 6.45) is 4.73. The second-order valence-corrected chi connectivity index (χ2v) is 8.02. The lowest BCUT2D eigenvalue weighted by atomic mass is 9.86. The van der Waals surface area contributed by atoms with Crippen molar-refractivity contribution in [3.8, 4) is 0 Å². The van der Waals surface area contributed by atoms with Crippen LogP contribution in [0.15, 0.2) is 0 Å². The number of piperidine rings is 1. The Morgan fingerprint density at radius 1 is 1.14 bits per heavy atom. The molecule has 2 aliphatic rings. The summed E-state index contributed by atoms with van der Waals surface area (Å²) in [6, 6.07) is 0.711. The Morgan fingerprint density at radius 3 is 2.57 bits per heavy atom. The molecule has 0 aromatic heterocycles. The molecule has 0 aliphatic carbocycles. The average Bonchev–Trinajstić information content (AvgIpc) is 2.82. The van der Waals surface area contributed by atoms with Gasteiger partial charge in [-0.3, -0.25) is 4.90 Å². The molecule has 0 aromatic rings. The van der Waals surface area contributed by atoms with Gasteiger partial charge in [0.2, 0.25) is 0 Å². The molecule has 2 fully saturated rings. The SMILES string of the molecule is CC(C)CNCC1CCC(CN2CC(C)CC(C)C2C)O1. The summed E-state index contributed by atoms with van der Waals surface area (Å²) in [7, 11) is 0. The van der Waals surface area contributed by atoms with Crippen LogP contribution in [-0.4, -0.2) is 49.3 Å². The molecule has 5 atom stereocenters. The molecule has 2 heterocycles. The highest BCUT2D eigenvalue weighted by atomic mass is 16.5. The van der Waals surface area contributed by atoms with Crippen molar-refractivity contribution in [2.75, 3.05) is 26.2 Å². The average molecular weight is 296 g/mol. The van der Waals surface area contributed by atoms with E-state index in [0.29, 0.717) is 18.2 Å². The monoisotopic (exact) mass is 296 g/mol. The molecule has 0 aromatic carbocycles. The molecule has 3 nitrogen and oxygen atoms in total. The third-order valence-electron chi connectivity index (χ3n) is 5.28. The van der Waals surface area contributed by atoms with Crippen molar-refractivity contribution < 1.29 is 4.74 Å². The molecule has 5 unspecified atom stereocenters. The van der Waals surface area contributed by atoms with Crippen LogP contribution < -0.4 is 5.32 Å². The van der Waals surface area contributed by atoms with Gasteiger partial charge in [0.05, 0.1) is 12.2 Å². The Hall–Kier alpha value is -0.120. The van der Waals surface area contributed by atoms with E-state index in [9.17, 15) is 0 Å². The van der Waals surface area contributed by atoms with E-state index < -0.39 is 0 Å². The number of hydrogen-bond donors (Lipinski definition) is 1. The van der Waals surface area contributed by atoms with Gasteiger partial charge in [-0.05, 0) is 50.5 Å². The first-order valence-electron chi connectivity index (χ1n) is 9.06. The van der Waals surface area contributed by atoms with Crippen molar-refractivity contribution in [2.24, 2.45) is 17.8 Å². The maximum Gasteiger partial charge on any atom is 0.0707 e. The normalized spacial score (nSPS) is 38.3. The second kappa shape index (κ2) is 7.94. The van der Waals surface area contributed by atoms with Gasteiger partial charge in [0.1, 0.15) is 0 Å². The summed E-state index contributed by atoms with van der Waals surface area (Å²) < 4.78 is 6.26. The minimum absolute atomic E-state index is 0.434. The molecular formula is C18H36N2O. The third-order valence-corrected chi connectivity index (χ3v) is 5.28. The van der Waals surface area contributed by atoms with Crippen LogP contribution >= 0.6 is 0 Å². The van der Waals surface area contributed by atoms with Crippen molar-refractivity contribution in [2.45, 2.75) is 72.1 Å². The molecule has 2 aliphatic heterocycles. The largest absolute Gasteiger partial charge is 0.372 e. The van der Waals surface area contributed by atoms with Gasteiger partial charge in [-0.2, -0.15) is 0 Å². The molecule has 2 rings (SSSR count). The Bertz CT molecular complexity index is 308. The number of nitrogens with one attached hydrogen (secondary N) is 1. The van der Waals surface area contributed by atoms with E-state index in [1.165, 1.54) is 25.8 Å². The minimum atomic E-state index is 0.434. The van der Waals surface area contributed by atoms with Crippen LogP contribution in [0.2, 0.25) is 0 Å². The predicted octanol–water partition coefficient (Wildman–Crippen LogP) is 3.15. The number of rotatable bonds is 6. The van der Waals surface area contributed by atoms with Crippen molar-refractivity contribution in [1.82, 2.24) is 10.2 Å². The molecule has 0 radical (unpaired) electrons. The zero-order chi connectivity index (χ0) is 15.4. The van der Waals surface area contributed by atoms with Gasteiger partial charge in [-0.25, -0.2) is 0 Å². The number of ether oxygens (including phenoxy) is 1. The quantitative estimate of drug-likeness (QED) is 0.815. The van der Waals surface area contributed by atoms with Gasteiger partial charge in [-0.15, -0.1) is 0 Å². The first-order chi connectivity index (χ1) is 9.95. The standard InChI is InChI=1S/C18H36N2O/c1-13(2)9-19-10-17-6-7-18(21-17)12-20-11-14(3)8-15(4)16(20)5/h13-19H,6-12H2,1-5H3. The minimum Gasteiger partial charge on any atom is -0.372 e. The molecule has 21 heavy (non-hydrogen) atoms. The summed E-state index contributed by atoms with van der Waals surface area (Å²) in [5, 5.41) is 3.54. The number of nitrogens with zero attached hydrogens (tertiary/aromatic N) is 1. The lowest BCUT2D eigenvalue weighted by Crippen LogP contribution is -2.48. The van der Waals surface area contributed by atoms with E-state index in [-0.39, 0.29) is 0 Å². The van der Waals surface area contributed by atoms with Crippen molar-refractivity contribution in [3.63, 3.8) is 0 Å². The summed E-state index contributed by atoms with van der Waals surface area (Å²) in [5.41, 5.74) is 0. The van der Waals surface area contributed by atoms with Crippen LogP contribution in [0.5, 0.6) is 0 Å². The topological polar surface area (TPSA) is 24.5 Å². The van der Waals surface area contributed by atoms with E-state index in [4.69, 9.17) is 4.74 Å². The Kier molecular flexibility index (Phi) is 6.51. The van der Waals surface area contributed by atoms with Crippen LogP contribution in [0.4, 0.5) is 0 Å². The number of likely N-dealkylation sites (tertiary alicyclic amines) is 1. The van der Waals surface area contributed by atoms with E-state index in [1.54, 1.807) is 0 Å². The van der Waals surface area contributed by atoms with Gasteiger partial charge < -0.3 is 10.1 Å². The van der Waals surface area contributed by atoms with Crippen molar-refractivity contribution >= 4 is 0 Å². The molecule has 0 spiro atoms. The van der Waals surface area contributed by atoms with Gasteiger partial charge in [-0.1, -0.05) is 27.7 Å². The maximum absolute atomic E-state index is 6.26. The van der Waals surface area contributed by atoms with Crippen molar-refractivity contribution in [1.29, 1.82) is 0 Å². The summed E-state index contributed by atoms with van der Waals surface area (Å²) in [5.74, 6) is 2.37. The van der Waals surface area contributed by atoms with E-state index in [0.717, 1.165) is 37.4 Å². The van der Waals surface area contributed by atoms with Crippen LogP contribution in [0, 0.1) is 17.8 Å². The fraction of sp³-hybridized carbons (Fsp3) is 1.00. The van der Waals surface area contributed by atoms with Crippen LogP contribution in [0.1, 0.15) is 53.9 Å². The first-order valence-corrected chi connectivity index (χ1v) is 9.06. The van der Waals surface area contributed by atoms with Crippen LogP contribution in [0.3, 0.4) is 0 Å². The summed E-state index contributed by atoms with van der Waals surface area (Å²) in [6.45, 7) is 16.2. The summed E-state index contributed by atoms with van der Waals surface area (Å²) >= 11 is 0. The molecule has 2 saturated heterocycles. The molecule has 0 bridgehead atoms. The molecule has 1 N–H and O–H groups in total. The zero-order valence-electron chi connectivity index (χ0n) is 14.8. The zero-order valence-corrected chi connectivity index (χ0v) is 14.8. The predicted molar refractivity (Wildman–Crippen MR) is 89.6 cm³/mol. The van der Waals surface area contributed by atoms with Crippen LogP contribution in [-0.2, 0) is 4.74 Å². The van der Waals surface area contributed by atoms with Gasteiger partial charge in [0.25, 0.3) is 0 Å². The molecule has 0 saturated carbocycles. The molecule has 3 heteroatoms. The Labute approximate surface area is 131 Å². The van der Waals surface area contributed by atoms with E-state index >= 15 is 0 Å². The number of hydrogen-bond acceptors (Lipinski definition) is 3. The van der Waals surface area contributed by atoms with E-state index in [1.807, 2.05) is 0 Å². The van der Waals surface area contributed by atoms with E-state index in [2.05, 4.69) is 44.8 Å². The smallest absolute Gasteiger partial charge is 0.0707 e. The molecule has 0 amide bonds. The highest BCUT2D eigenvalue weighted by Crippen LogP contribution is 2.29. The maximum atomic E-state index is 6.26. The first kappa shape index (κ1) is 17.2. The van der Waals surface area contributed by atoms with Gasteiger partial charge in [0.15, 0.2) is 0 Å². The Balaban J connectivity index is 1.72. The van der Waals surface area contributed by atoms with Crippen LogP contribution in [0.25, 0.3) is 0 Å². The second-order valence-electron chi connectivity index (χ2n) is 8.02. The van der Waals surface area contributed by atoms with Gasteiger partial charge >= 0.3 is 0 Å². The fourth-order valence-corrected chi connectivity index (χ4v) is 3.93. The molecule has 124 valence electrons. The third kappa shape index (κ3) is 5.22. The fourth-order valence-electron chi connectivity index (χ4n) is 3.93. The van der Waals surface area contributed by atoms with Crippen molar-refractivity contribution in [3.05, 3.63) is 0 Å². The summed E-state index contributed by atoms with van der Waals surface area (Å²) in [4.78, 5) is 2.67. The van der Waals surface area contributed by atoms with Gasteiger partial charge in [0, 0.05) is 25.7 Å². The highest BCUT2D eigenvalue weighted by molar-refractivity contribution is 4.85.